The first-order valence-electron chi connectivity index (χ1n) is 6.93. The first-order valence-corrected chi connectivity index (χ1v) is 6.93. The molecule has 4 nitrogen and oxygen atoms in total. The van der Waals surface area contributed by atoms with Crippen LogP contribution in [0.3, 0.4) is 0 Å². The number of benzene rings is 1. The lowest BCUT2D eigenvalue weighted by Gasteiger charge is -2.13. The van der Waals surface area contributed by atoms with Crippen molar-refractivity contribution in [1.82, 2.24) is 14.7 Å². The van der Waals surface area contributed by atoms with Crippen LogP contribution in [0.4, 0.5) is 0 Å². The van der Waals surface area contributed by atoms with E-state index in [9.17, 15) is 4.79 Å². The number of hydrogen-bond acceptors (Lipinski definition) is 3. The lowest BCUT2D eigenvalue weighted by Crippen LogP contribution is -2.30. The molecule has 2 rings (SSSR count). The number of aromatic nitrogens is 2. The van der Waals surface area contributed by atoms with Gasteiger partial charge in [0.2, 0.25) is 0 Å². The van der Waals surface area contributed by atoms with Gasteiger partial charge in [-0.05, 0) is 26.6 Å². The molecule has 0 aliphatic heterocycles. The summed E-state index contributed by atoms with van der Waals surface area (Å²) < 4.78 is 1.58. The Hall–Kier alpha value is -1.65. The molecule has 21 heavy (non-hydrogen) atoms. The van der Waals surface area contributed by atoms with Crippen molar-refractivity contribution in [2.45, 2.75) is 19.9 Å². The smallest absolute Gasteiger partial charge is 0.270 e. The summed E-state index contributed by atoms with van der Waals surface area (Å²) >= 11 is 0. The highest BCUT2D eigenvalue weighted by atomic mass is 35.5. The maximum Gasteiger partial charge on any atom is 0.270 e. The average molecular weight is 308 g/mol. The molecule has 0 aliphatic carbocycles. The minimum Gasteiger partial charge on any atom is -0.308 e. The van der Waals surface area contributed by atoms with E-state index >= 15 is 0 Å². The monoisotopic (exact) mass is 307 g/mol. The molecule has 0 amide bonds. The van der Waals surface area contributed by atoms with Crippen LogP contribution in [0, 0.1) is 0 Å². The van der Waals surface area contributed by atoms with Crippen molar-refractivity contribution in [3.8, 4) is 11.3 Å². The van der Waals surface area contributed by atoms with Gasteiger partial charge in [0.15, 0.2) is 0 Å². The van der Waals surface area contributed by atoms with E-state index in [2.05, 4.69) is 10.00 Å². The normalized spacial score (nSPS) is 10.5. The fourth-order valence-corrected chi connectivity index (χ4v) is 2.05. The van der Waals surface area contributed by atoms with E-state index in [1.165, 1.54) is 0 Å². The molecule has 0 atom stereocenters. The fraction of sp³-hybridized carbons (Fsp3) is 0.375. The maximum absolute atomic E-state index is 12.3. The van der Waals surface area contributed by atoms with Crippen LogP contribution < -0.4 is 5.56 Å². The summed E-state index contributed by atoms with van der Waals surface area (Å²) in [6.45, 7) is 3.41. The van der Waals surface area contributed by atoms with E-state index in [4.69, 9.17) is 0 Å². The lowest BCUT2D eigenvalue weighted by atomic mass is 10.1. The summed E-state index contributed by atoms with van der Waals surface area (Å²) in [5.41, 5.74) is 2.74. The van der Waals surface area contributed by atoms with Crippen molar-refractivity contribution in [2.24, 2.45) is 0 Å². The Kier molecular flexibility index (Phi) is 6.59. The van der Waals surface area contributed by atoms with Crippen molar-refractivity contribution in [3.63, 3.8) is 0 Å². The van der Waals surface area contributed by atoms with E-state index in [0.717, 1.165) is 29.8 Å². The summed E-state index contributed by atoms with van der Waals surface area (Å²) in [5, 5.41) is 4.50. The molecule has 0 saturated carbocycles. The quantitative estimate of drug-likeness (QED) is 0.851. The summed E-state index contributed by atoms with van der Waals surface area (Å²) in [7, 11) is 3.99. The SMILES string of the molecule is CCc1cc(-c2ccccc2)nn(CCN(C)C)c1=O.Cl. The molecule has 114 valence electrons. The molecular weight excluding hydrogens is 286 g/mol. The van der Waals surface area contributed by atoms with E-state index in [0.29, 0.717) is 6.54 Å². The number of nitrogens with zero attached hydrogens (tertiary/aromatic N) is 3. The van der Waals surface area contributed by atoms with Crippen molar-refractivity contribution in [3.05, 3.63) is 52.3 Å². The van der Waals surface area contributed by atoms with Gasteiger partial charge in [0.25, 0.3) is 5.56 Å². The summed E-state index contributed by atoms with van der Waals surface area (Å²) in [4.78, 5) is 14.3. The Labute approximate surface area is 131 Å². The van der Waals surface area contributed by atoms with Crippen LogP contribution >= 0.6 is 12.4 Å². The summed E-state index contributed by atoms with van der Waals surface area (Å²) in [5.74, 6) is 0. The minimum absolute atomic E-state index is 0. The topological polar surface area (TPSA) is 38.1 Å². The lowest BCUT2D eigenvalue weighted by molar-refractivity contribution is 0.367. The molecule has 0 radical (unpaired) electrons. The van der Waals surface area contributed by atoms with Gasteiger partial charge in [0, 0.05) is 17.7 Å². The summed E-state index contributed by atoms with van der Waals surface area (Å²) in [6, 6.07) is 11.9. The standard InChI is InChI=1S/C16H21N3O.ClH/c1-4-13-12-15(14-8-6-5-7-9-14)17-19(16(13)20)11-10-18(2)3;/h5-9,12H,4,10-11H2,1-3H3;1H. The molecule has 0 spiro atoms. The van der Waals surface area contributed by atoms with Gasteiger partial charge in [-0.3, -0.25) is 4.79 Å². The molecular formula is C16H22ClN3O. The highest BCUT2D eigenvalue weighted by molar-refractivity contribution is 5.85. The van der Waals surface area contributed by atoms with Gasteiger partial charge in [-0.25, -0.2) is 4.68 Å². The van der Waals surface area contributed by atoms with Crippen LogP contribution in [0.2, 0.25) is 0 Å². The van der Waals surface area contributed by atoms with Gasteiger partial charge in [-0.1, -0.05) is 37.3 Å². The van der Waals surface area contributed by atoms with E-state index in [1.807, 2.05) is 57.4 Å². The maximum atomic E-state index is 12.3. The number of hydrogen-bond donors (Lipinski definition) is 0. The predicted octanol–water partition coefficient (Wildman–Crippen LogP) is 2.46. The molecule has 0 bridgehead atoms. The zero-order valence-corrected chi connectivity index (χ0v) is 13.6. The largest absolute Gasteiger partial charge is 0.308 e. The fourth-order valence-electron chi connectivity index (χ4n) is 2.05. The predicted molar refractivity (Wildman–Crippen MR) is 89.1 cm³/mol. The van der Waals surface area contributed by atoms with Crippen molar-refractivity contribution >= 4 is 12.4 Å². The van der Waals surface area contributed by atoms with Gasteiger partial charge in [-0.15, -0.1) is 12.4 Å². The Morgan fingerprint density at radius 1 is 1.19 bits per heavy atom. The van der Waals surface area contributed by atoms with Crippen LogP contribution in [-0.4, -0.2) is 35.3 Å². The highest BCUT2D eigenvalue weighted by Crippen LogP contribution is 2.15. The van der Waals surface area contributed by atoms with Crippen LogP contribution in [0.15, 0.2) is 41.2 Å². The van der Waals surface area contributed by atoms with Crippen LogP contribution in [0.25, 0.3) is 11.3 Å². The molecule has 1 heterocycles. The molecule has 0 aliphatic rings. The number of rotatable bonds is 5. The third-order valence-electron chi connectivity index (χ3n) is 3.26. The second-order valence-corrected chi connectivity index (χ2v) is 5.11. The van der Waals surface area contributed by atoms with Crippen LogP contribution in [0.5, 0.6) is 0 Å². The van der Waals surface area contributed by atoms with Crippen molar-refractivity contribution in [1.29, 1.82) is 0 Å². The van der Waals surface area contributed by atoms with Gasteiger partial charge in [-0.2, -0.15) is 5.10 Å². The third kappa shape index (κ3) is 4.41. The Bertz CT molecular complexity index is 623. The molecule has 2 aromatic rings. The Morgan fingerprint density at radius 3 is 2.43 bits per heavy atom. The number of aryl methyl sites for hydroxylation is 1. The number of halogens is 1. The summed E-state index contributed by atoms with van der Waals surface area (Å²) in [6.07, 6.45) is 0.725. The molecule has 1 aromatic carbocycles. The van der Waals surface area contributed by atoms with Crippen LogP contribution in [0.1, 0.15) is 12.5 Å². The number of likely N-dealkylation sites (N-methyl/N-ethyl adjacent to an activating group) is 1. The van der Waals surface area contributed by atoms with Gasteiger partial charge in [0.1, 0.15) is 0 Å². The van der Waals surface area contributed by atoms with Crippen molar-refractivity contribution in [2.75, 3.05) is 20.6 Å². The van der Waals surface area contributed by atoms with Gasteiger partial charge >= 0.3 is 0 Å². The molecule has 0 N–H and O–H groups in total. The van der Waals surface area contributed by atoms with Crippen molar-refractivity contribution < 1.29 is 0 Å². The van der Waals surface area contributed by atoms with E-state index in [1.54, 1.807) is 4.68 Å². The average Bonchev–Trinajstić information content (AvgIpc) is 2.47. The first-order chi connectivity index (χ1) is 9.61. The molecule has 0 fully saturated rings. The highest BCUT2D eigenvalue weighted by Gasteiger charge is 2.08. The van der Waals surface area contributed by atoms with Gasteiger partial charge in [0.05, 0.1) is 12.2 Å². The molecule has 0 unspecified atom stereocenters. The minimum atomic E-state index is 0. The Balaban J connectivity index is 0.00000220. The second-order valence-electron chi connectivity index (χ2n) is 5.11. The second kappa shape index (κ2) is 7.96. The van der Waals surface area contributed by atoms with E-state index in [-0.39, 0.29) is 18.0 Å². The zero-order chi connectivity index (χ0) is 14.5. The van der Waals surface area contributed by atoms with Gasteiger partial charge < -0.3 is 4.90 Å². The zero-order valence-electron chi connectivity index (χ0n) is 12.7. The molecule has 0 saturated heterocycles. The molecule has 1 aromatic heterocycles. The third-order valence-corrected chi connectivity index (χ3v) is 3.26. The van der Waals surface area contributed by atoms with Crippen LogP contribution in [-0.2, 0) is 13.0 Å². The first kappa shape index (κ1) is 17.4. The Morgan fingerprint density at radius 2 is 1.86 bits per heavy atom. The van der Waals surface area contributed by atoms with E-state index < -0.39 is 0 Å². The molecule has 5 heteroatoms.